The van der Waals surface area contributed by atoms with Gasteiger partial charge in [-0.1, -0.05) is 18.2 Å². The highest BCUT2D eigenvalue weighted by atomic mass is 35.5. The van der Waals surface area contributed by atoms with Crippen LogP contribution in [-0.4, -0.2) is 15.9 Å². The number of halogens is 2. The fourth-order valence-corrected chi connectivity index (χ4v) is 1.49. The number of aromatic nitrogens is 2. The standard InChI is InChI=1S/C13H10ClFN4O/c1-2-12(20)19-11-5-9(3-4-10(11)15)18-13-16-6-8(14)7-17-13/h2-7H,1H2,(H,19,20)(H,16,17,18). The molecule has 0 atom stereocenters. The van der Waals surface area contributed by atoms with Crippen molar-refractivity contribution in [3.63, 3.8) is 0 Å². The van der Waals surface area contributed by atoms with Crippen LogP contribution in [0.4, 0.5) is 21.7 Å². The van der Waals surface area contributed by atoms with E-state index in [1.165, 1.54) is 30.6 Å². The molecule has 0 spiro atoms. The van der Waals surface area contributed by atoms with Gasteiger partial charge in [0.1, 0.15) is 5.82 Å². The average Bonchev–Trinajstić information content (AvgIpc) is 2.45. The van der Waals surface area contributed by atoms with Gasteiger partial charge < -0.3 is 10.6 Å². The number of hydrogen-bond donors (Lipinski definition) is 2. The van der Waals surface area contributed by atoms with Crippen molar-refractivity contribution in [2.75, 3.05) is 10.6 Å². The molecule has 1 aromatic carbocycles. The van der Waals surface area contributed by atoms with Gasteiger partial charge in [-0.15, -0.1) is 0 Å². The van der Waals surface area contributed by atoms with Crippen molar-refractivity contribution in [1.29, 1.82) is 0 Å². The number of nitrogens with one attached hydrogen (secondary N) is 2. The smallest absolute Gasteiger partial charge is 0.247 e. The quantitative estimate of drug-likeness (QED) is 0.850. The van der Waals surface area contributed by atoms with Gasteiger partial charge in [0, 0.05) is 5.69 Å². The third-order valence-electron chi connectivity index (χ3n) is 2.29. The Balaban J connectivity index is 2.20. The Morgan fingerprint density at radius 2 is 2.05 bits per heavy atom. The lowest BCUT2D eigenvalue weighted by Gasteiger charge is -2.08. The van der Waals surface area contributed by atoms with Crippen LogP contribution in [0.15, 0.2) is 43.2 Å². The van der Waals surface area contributed by atoms with E-state index in [9.17, 15) is 9.18 Å². The van der Waals surface area contributed by atoms with E-state index in [-0.39, 0.29) is 5.69 Å². The van der Waals surface area contributed by atoms with Crippen molar-refractivity contribution in [2.24, 2.45) is 0 Å². The predicted octanol–water partition coefficient (Wildman–Crippen LogP) is 3.14. The van der Waals surface area contributed by atoms with Crippen LogP contribution in [-0.2, 0) is 4.79 Å². The molecule has 1 aromatic heterocycles. The van der Waals surface area contributed by atoms with Crippen LogP contribution in [0.2, 0.25) is 5.02 Å². The number of rotatable bonds is 4. The lowest BCUT2D eigenvalue weighted by molar-refractivity contribution is -0.111. The Morgan fingerprint density at radius 1 is 1.35 bits per heavy atom. The zero-order valence-electron chi connectivity index (χ0n) is 10.2. The maximum Gasteiger partial charge on any atom is 0.247 e. The summed E-state index contributed by atoms with van der Waals surface area (Å²) in [6.07, 6.45) is 3.92. The minimum Gasteiger partial charge on any atom is -0.324 e. The molecule has 0 bridgehead atoms. The Morgan fingerprint density at radius 3 is 2.70 bits per heavy atom. The van der Waals surface area contributed by atoms with Gasteiger partial charge in [-0.3, -0.25) is 4.79 Å². The van der Waals surface area contributed by atoms with Crippen molar-refractivity contribution in [3.05, 3.63) is 54.1 Å². The van der Waals surface area contributed by atoms with Gasteiger partial charge in [0.05, 0.1) is 23.1 Å². The number of benzene rings is 1. The molecule has 0 unspecified atom stereocenters. The summed E-state index contributed by atoms with van der Waals surface area (Å²) in [5.74, 6) is -0.742. The van der Waals surface area contributed by atoms with Crippen LogP contribution in [0.1, 0.15) is 0 Å². The number of amides is 1. The van der Waals surface area contributed by atoms with E-state index in [0.29, 0.717) is 16.7 Å². The largest absolute Gasteiger partial charge is 0.324 e. The topological polar surface area (TPSA) is 66.9 Å². The second-order valence-corrected chi connectivity index (χ2v) is 4.17. The summed E-state index contributed by atoms with van der Waals surface area (Å²) >= 11 is 5.67. The SMILES string of the molecule is C=CC(=O)Nc1cc(Nc2ncc(Cl)cn2)ccc1F. The zero-order valence-corrected chi connectivity index (χ0v) is 11.0. The number of hydrogen-bond acceptors (Lipinski definition) is 4. The van der Waals surface area contributed by atoms with Gasteiger partial charge in [-0.05, 0) is 24.3 Å². The molecular formula is C13H10ClFN4O. The van der Waals surface area contributed by atoms with E-state index in [2.05, 4.69) is 27.2 Å². The first-order valence-electron chi connectivity index (χ1n) is 5.56. The fourth-order valence-electron chi connectivity index (χ4n) is 1.39. The number of anilines is 3. The van der Waals surface area contributed by atoms with Crippen LogP contribution in [0, 0.1) is 5.82 Å². The number of carbonyl (C=O) groups is 1. The van der Waals surface area contributed by atoms with Crippen molar-refractivity contribution < 1.29 is 9.18 Å². The maximum absolute atomic E-state index is 13.5. The first kappa shape index (κ1) is 14.0. The van der Waals surface area contributed by atoms with E-state index in [1.807, 2.05) is 0 Å². The molecule has 0 aliphatic carbocycles. The summed E-state index contributed by atoms with van der Waals surface area (Å²) in [5, 5.41) is 5.64. The summed E-state index contributed by atoms with van der Waals surface area (Å²) in [5.41, 5.74) is 0.557. The molecule has 0 fully saturated rings. The lowest BCUT2D eigenvalue weighted by Crippen LogP contribution is -2.09. The Kier molecular flexibility index (Phi) is 4.27. The predicted molar refractivity (Wildman–Crippen MR) is 75.6 cm³/mol. The van der Waals surface area contributed by atoms with Gasteiger partial charge >= 0.3 is 0 Å². The molecule has 5 nitrogen and oxygen atoms in total. The molecule has 0 radical (unpaired) electrons. The summed E-state index contributed by atoms with van der Waals surface area (Å²) in [7, 11) is 0. The van der Waals surface area contributed by atoms with Crippen molar-refractivity contribution in [2.45, 2.75) is 0 Å². The molecule has 2 N–H and O–H groups in total. The van der Waals surface area contributed by atoms with E-state index >= 15 is 0 Å². The Hall–Kier alpha value is -2.47. The van der Waals surface area contributed by atoms with Crippen LogP contribution >= 0.6 is 11.6 Å². The lowest BCUT2D eigenvalue weighted by atomic mass is 10.2. The molecule has 0 saturated heterocycles. The number of nitrogens with zero attached hydrogens (tertiary/aromatic N) is 2. The molecule has 2 aromatic rings. The van der Waals surface area contributed by atoms with Crippen LogP contribution in [0.3, 0.4) is 0 Å². The van der Waals surface area contributed by atoms with Crippen molar-refractivity contribution in [3.8, 4) is 0 Å². The highest BCUT2D eigenvalue weighted by molar-refractivity contribution is 6.30. The normalized spacial score (nSPS) is 9.90. The van der Waals surface area contributed by atoms with Gasteiger partial charge in [0.2, 0.25) is 11.9 Å². The van der Waals surface area contributed by atoms with E-state index in [0.717, 1.165) is 6.08 Å². The van der Waals surface area contributed by atoms with Gasteiger partial charge in [0.25, 0.3) is 0 Å². The highest BCUT2D eigenvalue weighted by Gasteiger charge is 2.06. The van der Waals surface area contributed by atoms with Gasteiger partial charge in [0.15, 0.2) is 0 Å². The van der Waals surface area contributed by atoms with Gasteiger partial charge in [-0.25, -0.2) is 14.4 Å². The Bertz CT molecular complexity index is 645. The third kappa shape index (κ3) is 3.52. The van der Waals surface area contributed by atoms with Crippen molar-refractivity contribution >= 4 is 34.8 Å². The zero-order chi connectivity index (χ0) is 14.5. The van der Waals surface area contributed by atoms with Crippen LogP contribution < -0.4 is 10.6 Å². The first-order chi connectivity index (χ1) is 9.58. The monoisotopic (exact) mass is 292 g/mol. The second kappa shape index (κ2) is 6.12. The Labute approximate surface area is 119 Å². The molecule has 0 aliphatic heterocycles. The second-order valence-electron chi connectivity index (χ2n) is 3.74. The van der Waals surface area contributed by atoms with Crippen LogP contribution in [0.25, 0.3) is 0 Å². The highest BCUT2D eigenvalue weighted by Crippen LogP contribution is 2.21. The minimum atomic E-state index is -0.553. The van der Waals surface area contributed by atoms with E-state index in [4.69, 9.17) is 11.6 Å². The minimum absolute atomic E-state index is 0.0360. The summed E-state index contributed by atoms with van der Waals surface area (Å²) in [4.78, 5) is 19.1. The summed E-state index contributed by atoms with van der Waals surface area (Å²) < 4.78 is 13.5. The fraction of sp³-hybridized carbons (Fsp3) is 0. The molecule has 20 heavy (non-hydrogen) atoms. The van der Waals surface area contributed by atoms with E-state index < -0.39 is 11.7 Å². The molecule has 102 valence electrons. The number of carbonyl (C=O) groups excluding carboxylic acids is 1. The van der Waals surface area contributed by atoms with Gasteiger partial charge in [-0.2, -0.15) is 0 Å². The molecule has 7 heteroatoms. The third-order valence-corrected chi connectivity index (χ3v) is 2.48. The average molecular weight is 293 g/mol. The molecule has 0 saturated carbocycles. The van der Waals surface area contributed by atoms with Crippen LogP contribution in [0.5, 0.6) is 0 Å². The molecule has 0 aliphatic rings. The first-order valence-corrected chi connectivity index (χ1v) is 5.94. The maximum atomic E-state index is 13.5. The van der Waals surface area contributed by atoms with Crippen molar-refractivity contribution in [1.82, 2.24) is 9.97 Å². The molecule has 1 amide bonds. The molecule has 1 heterocycles. The molecule has 2 rings (SSSR count). The molecular weight excluding hydrogens is 283 g/mol. The summed E-state index contributed by atoms with van der Waals surface area (Å²) in [6.45, 7) is 3.30. The summed E-state index contributed by atoms with van der Waals surface area (Å²) in [6, 6.07) is 4.14. The van der Waals surface area contributed by atoms with E-state index in [1.54, 1.807) is 0 Å².